The van der Waals surface area contributed by atoms with E-state index in [1.807, 2.05) is 6.07 Å². The Morgan fingerprint density at radius 2 is 2.00 bits per heavy atom. The zero-order valence-electron chi connectivity index (χ0n) is 5.86. The SMILES string of the molecule is Nc1ccn2c(N)ccc2n1. The third-order valence-corrected chi connectivity index (χ3v) is 1.57. The van der Waals surface area contributed by atoms with Crippen LogP contribution in [0.25, 0.3) is 5.65 Å². The van der Waals surface area contributed by atoms with Gasteiger partial charge >= 0.3 is 0 Å². The molecule has 0 aromatic carbocycles. The predicted octanol–water partition coefficient (Wildman–Crippen LogP) is 0.499. The summed E-state index contributed by atoms with van der Waals surface area (Å²) in [6, 6.07) is 5.33. The van der Waals surface area contributed by atoms with Crippen LogP contribution in [0.4, 0.5) is 11.6 Å². The zero-order chi connectivity index (χ0) is 7.84. The van der Waals surface area contributed by atoms with E-state index < -0.39 is 0 Å². The summed E-state index contributed by atoms with van der Waals surface area (Å²) in [4.78, 5) is 4.06. The molecule has 0 spiro atoms. The van der Waals surface area contributed by atoms with E-state index in [1.165, 1.54) is 0 Å². The summed E-state index contributed by atoms with van der Waals surface area (Å²) < 4.78 is 1.77. The predicted molar refractivity (Wildman–Crippen MR) is 44.0 cm³/mol. The summed E-state index contributed by atoms with van der Waals surface area (Å²) in [6.07, 6.45) is 1.80. The molecule has 0 aliphatic carbocycles. The van der Waals surface area contributed by atoms with Crippen molar-refractivity contribution in [2.45, 2.75) is 0 Å². The van der Waals surface area contributed by atoms with Gasteiger partial charge in [-0.05, 0) is 18.2 Å². The van der Waals surface area contributed by atoms with Crippen molar-refractivity contribution in [2.75, 3.05) is 11.5 Å². The lowest BCUT2D eigenvalue weighted by Gasteiger charge is -1.96. The molecule has 0 atom stereocenters. The third kappa shape index (κ3) is 0.797. The maximum absolute atomic E-state index is 5.61. The molecule has 4 nitrogen and oxygen atoms in total. The van der Waals surface area contributed by atoms with Crippen LogP contribution in [0.15, 0.2) is 24.4 Å². The van der Waals surface area contributed by atoms with Gasteiger partial charge < -0.3 is 11.5 Å². The first kappa shape index (κ1) is 6.03. The number of fused-ring (bicyclic) bond motifs is 1. The number of hydrogen-bond donors (Lipinski definition) is 2. The minimum atomic E-state index is 0.510. The average molecular weight is 148 g/mol. The van der Waals surface area contributed by atoms with E-state index >= 15 is 0 Å². The standard InChI is InChI=1S/C7H8N4/c8-5-3-4-11-6(9)1-2-7(11)10-5/h1-4H,9H2,(H2,8,10). The Morgan fingerprint density at radius 3 is 2.82 bits per heavy atom. The number of nitrogens with two attached hydrogens (primary N) is 2. The van der Waals surface area contributed by atoms with Crippen molar-refractivity contribution in [3.8, 4) is 0 Å². The highest BCUT2D eigenvalue weighted by molar-refractivity contribution is 5.53. The largest absolute Gasteiger partial charge is 0.385 e. The van der Waals surface area contributed by atoms with Crippen LogP contribution in [-0.4, -0.2) is 9.38 Å². The van der Waals surface area contributed by atoms with E-state index in [-0.39, 0.29) is 0 Å². The van der Waals surface area contributed by atoms with E-state index in [4.69, 9.17) is 11.5 Å². The van der Waals surface area contributed by atoms with Crippen molar-refractivity contribution in [3.63, 3.8) is 0 Å². The molecule has 11 heavy (non-hydrogen) atoms. The van der Waals surface area contributed by atoms with Crippen LogP contribution in [-0.2, 0) is 0 Å². The first-order valence-corrected chi connectivity index (χ1v) is 3.26. The van der Waals surface area contributed by atoms with Gasteiger partial charge in [-0.1, -0.05) is 0 Å². The first-order valence-electron chi connectivity index (χ1n) is 3.26. The Hall–Kier alpha value is -1.71. The van der Waals surface area contributed by atoms with Gasteiger partial charge in [-0.2, -0.15) is 0 Å². The number of aromatic nitrogens is 2. The van der Waals surface area contributed by atoms with Crippen molar-refractivity contribution >= 4 is 17.3 Å². The van der Waals surface area contributed by atoms with Crippen molar-refractivity contribution in [2.24, 2.45) is 0 Å². The van der Waals surface area contributed by atoms with E-state index in [0.29, 0.717) is 11.6 Å². The highest BCUT2D eigenvalue weighted by Crippen LogP contribution is 2.10. The van der Waals surface area contributed by atoms with E-state index in [2.05, 4.69) is 4.98 Å². The number of hydrogen-bond acceptors (Lipinski definition) is 3. The highest BCUT2D eigenvalue weighted by atomic mass is 15.0. The zero-order valence-corrected chi connectivity index (χ0v) is 5.86. The molecule has 0 unspecified atom stereocenters. The molecule has 2 aromatic heterocycles. The minimum Gasteiger partial charge on any atom is -0.385 e. The molecule has 2 rings (SSSR count). The van der Waals surface area contributed by atoms with Gasteiger partial charge in [-0.25, -0.2) is 4.98 Å². The lowest BCUT2D eigenvalue weighted by molar-refractivity contribution is 1.15. The molecule has 4 N–H and O–H groups in total. The van der Waals surface area contributed by atoms with E-state index in [9.17, 15) is 0 Å². The first-order chi connectivity index (χ1) is 5.27. The second kappa shape index (κ2) is 1.88. The lowest BCUT2D eigenvalue weighted by Crippen LogP contribution is -1.96. The van der Waals surface area contributed by atoms with Crippen LogP contribution in [0.2, 0.25) is 0 Å². The molecule has 0 fully saturated rings. The van der Waals surface area contributed by atoms with Gasteiger partial charge in [-0.15, -0.1) is 0 Å². The van der Waals surface area contributed by atoms with Gasteiger partial charge in [-0.3, -0.25) is 4.40 Å². The molecular formula is C7H8N4. The van der Waals surface area contributed by atoms with Crippen LogP contribution >= 0.6 is 0 Å². The van der Waals surface area contributed by atoms with E-state index in [1.54, 1.807) is 22.7 Å². The summed E-state index contributed by atoms with van der Waals surface area (Å²) in [5.74, 6) is 1.18. The molecule has 0 bridgehead atoms. The highest BCUT2D eigenvalue weighted by Gasteiger charge is 1.96. The molecule has 2 aromatic rings. The molecule has 0 aliphatic rings. The minimum absolute atomic E-state index is 0.510. The van der Waals surface area contributed by atoms with Gasteiger partial charge in [0, 0.05) is 6.20 Å². The fourth-order valence-electron chi connectivity index (χ4n) is 1.03. The Bertz CT molecular complexity index is 390. The summed E-state index contributed by atoms with van der Waals surface area (Å²) in [7, 11) is 0. The molecule has 56 valence electrons. The molecule has 2 heterocycles. The Kier molecular flexibility index (Phi) is 1.03. The van der Waals surface area contributed by atoms with Gasteiger partial charge in [0.2, 0.25) is 0 Å². The molecule has 0 saturated heterocycles. The fourth-order valence-corrected chi connectivity index (χ4v) is 1.03. The number of rotatable bonds is 0. The Labute approximate surface area is 63.4 Å². The molecule has 0 saturated carbocycles. The average Bonchev–Trinajstić information content (AvgIpc) is 2.32. The number of nitrogens with zero attached hydrogens (tertiary/aromatic N) is 2. The Balaban J connectivity index is 2.86. The summed E-state index contributed by atoms with van der Waals surface area (Å²) in [6.45, 7) is 0. The molecule has 4 heteroatoms. The van der Waals surface area contributed by atoms with Crippen LogP contribution in [0.3, 0.4) is 0 Å². The quantitative estimate of drug-likeness (QED) is 0.571. The number of nitrogen functional groups attached to an aromatic ring is 2. The van der Waals surface area contributed by atoms with Crippen LogP contribution in [0.5, 0.6) is 0 Å². The van der Waals surface area contributed by atoms with Crippen molar-refractivity contribution < 1.29 is 0 Å². The van der Waals surface area contributed by atoms with Crippen molar-refractivity contribution in [3.05, 3.63) is 24.4 Å². The van der Waals surface area contributed by atoms with Crippen molar-refractivity contribution in [1.29, 1.82) is 0 Å². The van der Waals surface area contributed by atoms with Crippen LogP contribution in [0, 0.1) is 0 Å². The maximum atomic E-state index is 5.61. The summed E-state index contributed by atoms with van der Waals surface area (Å²) in [5.41, 5.74) is 11.9. The van der Waals surface area contributed by atoms with Crippen molar-refractivity contribution in [1.82, 2.24) is 9.38 Å². The fraction of sp³-hybridized carbons (Fsp3) is 0. The second-order valence-corrected chi connectivity index (χ2v) is 2.34. The topological polar surface area (TPSA) is 69.3 Å². The van der Waals surface area contributed by atoms with Gasteiger partial charge in [0.15, 0.2) is 0 Å². The maximum Gasteiger partial charge on any atom is 0.140 e. The molecule has 0 radical (unpaired) electrons. The molecule has 0 amide bonds. The Morgan fingerprint density at radius 1 is 1.18 bits per heavy atom. The monoisotopic (exact) mass is 148 g/mol. The second-order valence-electron chi connectivity index (χ2n) is 2.34. The van der Waals surface area contributed by atoms with Crippen LogP contribution < -0.4 is 11.5 Å². The molecular weight excluding hydrogens is 140 g/mol. The lowest BCUT2D eigenvalue weighted by atomic mass is 10.6. The van der Waals surface area contributed by atoms with E-state index in [0.717, 1.165) is 5.65 Å². The van der Waals surface area contributed by atoms with Gasteiger partial charge in [0.1, 0.15) is 17.3 Å². The van der Waals surface area contributed by atoms with Gasteiger partial charge in [0.05, 0.1) is 0 Å². The third-order valence-electron chi connectivity index (χ3n) is 1.57. The smallest absolute Gasteiger partial charge is 0.140 e. The molecule has 0 aliphatic heterocycles. The summed E-state index contributed by atoms with van der Waals surface area (Å²) >= 11 is 0. The summed E-state index contributed by atoms with van der Waals surface area (Å²) in [5, 5.41) is 0. The van der Waals surface area contributed by atoms with Crippen LogP contribution in [0.1, 0.15) is 0 Å². The normalized spacial score (nSPS) is 10.5. The number of anilines is 2. The van der Waals surface area contributed by atoms with Gasteiger partial charge in [0.25, 0.3) is 0 Å².